The Balaban J connectivity index is 1.70. The van der Waals surface area contributed by atoms with E-state index in [0.29, 0.717) is 24.8 Å². The molecule has 0 bridgehead atoms. The first-order valence-corrected chi connectivity index (χ1v) is 8.36. The molecule has 9 nitrogen and oxygen atoms in total. The highest BCUT2D eigenvalue weighted by Crippen LogP contribution is 2.27. The zero-order chi connectivity index (χ0) is 18.0. The van der Waals surface area contributed by atoms with E-state index in [4.69, 9.17) is 4.52 Å². The van der Waals surface area contributed by atoms with E-state index in [1.54, 1.807) is 4.90 Å². The summed E-state index contributed by atoms with van der Waals surface area (Å²) >= 11 is 0. The van der Waals surface area contributed by atoms with Crippen LogP contribution in [-0.2, 0) is 11.2 Å². The third kappa shape index (κ3) is 3.86. The van der Waals surface area contributed by atoms with Gasteiger partial charge in [-0.2, -0.15) is 4.98 Å². The third-order valence-corrected chi connectivity index (χ3v) is 4.34. The van der Waals surface area contributed by atoms with Crippen LogP contribution in [0.25, 0.3) is 0 Å². The summed E-state index contributed by atoms with van der Waals surface area (Å²) in [6.45, 7) is 5.07. The average molecular weight is 347 g/mol. The number of H-pyrrole nitrogens is 2. The van der Waals surface area contributed by atoms with Crippen LogP contribution in [-0.4, -0.2) is 44.2 Å². The Morgan fingerprint density at radius 2 is 2.20 bits per heavy atom. The lowest BCUT2D eigenvalue weighted by atomic mass is 9.97. The first kappa shape index (κ1) is 17.1. The van der Waals surface area contributed by atoms with Crippen molar-refractivity contribution in [3.63, 3.8) is 0 Å². The second-order valence-corrected chi connectivity index (χ2v) is 6.61. The molecule has 1 fully saturated rings. The summed E-state index contributed by atoms with van der Waals surface area (Å²) < 4.78 is 5.35. The summed E-state index contributed by atoms with van der Waals surface area (Å²) in [7, 11) is 0. The lowest BCUT2D eigenvalue weighted by Crippen LogP contribution is -2.41. The van der Waals surface area contributed by atoms with Gasteiger partial charge in [0.2, 0.25) is 11.8 Å². The number of aromatic amines is 2. The number of carbonyl (C=O) groups excluding carboxylic acids is 1. The van der Waals surface area contributed by atoms with E-state index in [2.05, 4.69) is 20.3 Å². The number of rotatable bonds is 4. The molecule has 0 aromatic carbocycles. The molecule has 2 aromatic rings. The predicted molar refractivity (Wildman–Crippen MR) is 88.3 cm³/mol. The smallest absolute Gasteiger partial charge is 0.266 e. The number of amides is 1. The van der Waals surface area contributed by atoms with Crippen molar-refractivity contribution in [3.05, 3.63) is 44.1 Å². The molecule has 1 saturated heterocycles. The minimum absolute atomic E-state index is 0.00448. The second kappa shape index (κ2) is 7.04. The van der Waals surface area contributed by atoms with Gasteiger partial charge in [-0.25, -0.2) is 0 Å². The summed E-state index contributed by atoms with van der Waals surface area (Å²) in [6, 6.07) is 1.16. The molecule has 1 amide bonds. The summed E-state index contributed by atoms with van der Waals surface area (Å²) in [5, 5.41) is 8.39. The maximum Gasteiger partial charge on any atom is 0.266 e. The first-order valence-electron chi connectivity index (χ1n) is 8.36. The minimum atomic E-state index is -0.458. The van der Waals surface area contributed by atoms with Gasteiger partial charge < -0.3 is 9.42 Å². The van der Waals surface area contributed by atoms with Gasteiger partial charge in [0, 0.05) is 30.6 Å². The van der Waals surface area contributed by atoms with Crippen LogP contribution in [0.2, 0.25) is 0 Å². The molecule has 0 saturated carbocycles. The van der Waals surface area contributed by atoms with Gasteiger partial charge in [0.05, 0.1) is 12.3 Å². The Hall–Kier alpha value is -2.71. The fraction of sp³-hybridized carbons (Fsp3) is 0.562. The number of carbonyl (C=O) groups is 1. The molecule has 134 valence electrons. The summed E-state index contributed by atoms with van der Waals surface area (Å²) in [5.41, 5.74) is -0.735. The highest BCUT2D eigenvalue weighted by Gasteiger charge is 2.29. The molecule has 3 heterocycles. The number of hydrogen-bond acceptors (Lipinski definition) is 6. The first-order chi connectivity index (χ1) is 11.9. The van der Waals surface area contributed by atoms with Gasteiger partial charge in [0.25, 0.3) is 11.1 Å². The van der Waals surface area contributed by atoms with Crippen molar-refractivity contribution in [1.82, 2.24) is 25.2 Å². The Morgan fingerprint density at radius 3 is 2.92 bits per heavy atom. The largest absolute Gasteiger partial charge is 0.342 e. The fourth-order valence-corrected chi connectivity index (χ4v) is 2.92. The molecule has 0 aliphatic carbocycles. The Bertz CT molecular complexity index is 866. The summed E-state index contributed by atoms with van der Waals surface area (Å²) in [6.07, 6.45) is 1.59. The molecule has 0 unspecified atom stereocenters. The molecule has 3 rings (SSSR count). The van der Waals surface area contributed by atoms with E-state index >= 15 is 0 Å². The van der Waals surface area contributed by atoms with Gasteiger partial charge in [0.1, 0.15) is 0 Å². The molecule has 1 atom stereocenters. The van der Waals surface area contributed by atoms with Crippen molar-refractivity contribution in [2.24, 2.45) is 0 Å². The molecular weight excluding hydrogens is 326 g/mol. The van der Waals surface area contributed by atoms with E-state index in [-0.39, 0.29) is 29.7 Å². The lowest BCUT2D eigenvalue weighted by Gasteiger charge is -2.31. The number of nitrogens with one attached hydrogen (secondary N) is 2. The van der Waals surface area contributed by atoms with E-state index in [9.17, 15) is 14.4 Å². The Morgan fingerprint density at radius 1 is 1.40 bits per heavy atom. The zero-order valence-electron chi connectivity index (χ0n) is 14.2. The highest BCUT2D eigenvalue weighted by atomic mass is 16.5. The molecule has 2 aromatic heterocycles. The van der Waals surface area contributed by atoms with Gasteiger partial charge in [-0.05, 0) is 12.8 Å². The molecule has 0 spiro atoms. The van der Waals surface area contributed by atoms with E-state index in [1.807, 2.05) is 13.8 Å². The van der Waals surface area contributed by atoms with Crippen LogP contribution in [0.3, 0.4) is 0 Å². The van der Waals surface area contributed by atoms with Crippen LogP contribution >= 0.6 is 0 Å². The lowest BCUT2D eigenvalue weighted by molar-refractivity contribution is -0.131. The Labute approximate surface area is 143 Å². The molecule has 9 heteroatoms. The standard InChI is InChI=1S/C16H21N5O4/c1-9(2)14-17-16(25-20-14)10-4-3-5-21(8-10)13(23)7-11-6-12(22)18-19-15(11)24/h6,9-10H,3-5,7-8H2,1-2H3,(H,18,22)(H,19,24)/t10-/m0/s1. The second-order valence-electron chi connectivity index (χ2n) is 6.61. The number of aromatic nitrogens is 4. The van der Waals surface area contributed by atoms with Crippen molar-refractivity contribution < 1.29 is 9.32 Å². The normalized spacial score (nSPS) is 17.9. The predicted octanol–water partition coefficient (Wildman–Crippen LogP) is 0.518. The molecule has 2 N–H and O–H groups in total. The van der Waals surface area contributed by atoms with Gasteiger partial charge in [-0.1, -0.05) is 19.0 Å². The van der Waals surface area contributed by atoms with Crippen molar-refractivity contribution >= 4 is 5.91 Å². The molecule has 0 radical (unpaired) electrons. The van der Waals surface area contributed by atoms with Crippen LogP contribution in [0.5, 0.6) is 0 Å². The van der Waals surface area contributed by atoms with Crippen LogP contribution in [0.1, 0.15) is 55.8 Å². The number of likely N-dealkylation sites (tertiary alicyclic amines) is 1. The molecule has 1 aliphatic rings. The van der Waals surface area contributed by atoms with Crippen molar-refractivity contribution in [1.29, 1.82) is 0 Å². The van der Waals surface area contributed by atoms with Gasteiger partial charge >= 0.3 is 0 Å². The van der Waals surface area contributed by atoms with E-state index in [1.165, 1.54) is 0 Å². The summed E-state index contributed by atoms with van der Waals surface area (Å²) in [4.78, 5) is 41.7. The average Bonchev–Trinajstić information content (AvgIpc) is 3.09. The van der Waals surface area contributed by atoms with Gasteiger partial charge in [-0.3, -0.25) is 24.6 Å². The molecular formula is C16H21N5O4. The van der Waals surface area contributed by atoms with E-state index in [0.717, 1.165) is 18.9 Å². The van der Waals surface area contributed by atoms with Crippen LogP contribution in [0, 0.1) is 0 Å². The zero-order valence-corrected chi connectivity index (χ0v) is 14.2. The van der Waals surface area contributed by atoms with Crippen molar-refractivity contribution in [2.45, 2.75) is 44.9 Å². The maximum absolute atomic E-state index is 12.5. The quantitative estimate of drug-likeness (QED) is 0.830. The summed E-state index contributed by atoms with van der Waals surface area (Å²) in [5.74, 6) is 1.20. The van der Waals surface area contributed by atoms with Gasteiger partial charge in [0.15, 0.2) is 5.82 Å². The molecule has 1 aliphatic heterocycles. The highest BCUT2D eigenvalue weighted by molar-refractivity contribution is 5.78. The monoisotopic (exact) mass is 347 g/mol. The van der Waals surface area contributed by atoms with Crippen LogP contribution in [0.15, 0.2) is 20.2 Å². The number of hydrogen-bond donors (Lipinski definition) is 2. The molecule has 25 heavy (non-hydrogen) atoms. The third-order valence-electron chi connectivity index (χ3n) is 4.34. The SMILES string of the molecule is CC(C)c1noc([C@H]2CCCN(C(=O)Cc3cc(=O)[nH][nH]c3=O)C2)n1. The minimum Gasteiger partial charge on any atom is -0.342 e. The van der Waals surface area contributed by atoms with E-state index < -0.39 is 11.1 Å². The van der Waals surface area contributed by atoms with Crippen LogP contribution in [0.4, 0.5) is 0 Å². The van der Waals surface area contributed by atoms with Crippen molar-refractivity contribution in [2.75, 3.05) is 13.1 Å². The number of piperidine rings is 1. The van der Waals surface area contributed by atoms with Gasteiger partial charge in [-0.15, -0.1) is 0 Å². The fourth-order valence-electron chi connectivity index (χ4n) is 2.92. The number of nitrogens with zero attached hydrogens (tertiary/aromatic N) is 3. The van der Waals surface area contributed by atoms with Crippen molar-refractivity contribution in [3.8, 4) is 0 Å². The topological polar surface area (TPSA) is 125 Å². The van der Waals surface area contributed by atoms with Crippen LogP contribution < -0.4 is 11.1 Å². The Kier molecular flexibility index (Phi) is 4.82. The maximum atomic E-state index is 12.5.